The fourth-order valence-corrected chi connectivity index (χ4v) is 2.33. The molecule has 0 bridgehead atoms. The van der Waals surface area contributed by atoms with Crippen molar-refractivity contribution in [2.45, 2.75) is 6.04 Å². The van der Waals surface area contributed by atoms with Gasteiger partial charge in [-0.2, -0.15) is 5.10 Å². The molecule has 0 aromatic carbocycles. The van der Waals surface area contributed by atoms with Gasteiger partial charge in [0.2, 0.25) is 5.95 Å². The van der Waals surface area contributed by atoms with Gasteiger partial charge in [0.05, 0.1) is 6.04 Å². The van der Waals surface area contributed by atoms with Gasteiger partial charge in [-0.05, 0) is 18.2 Å². The van der Waals surface area contributed by atoms with Crippen LogP contribution in [0.1, 0.15) is 6.04 Å². The molecule has 0 aliphatic carbocycles. The molecule has 0 unspecified atom stereocenters. The second-order valence-corrected chi connectivity index (χ2v) is 4.47. The number of anilines is 1. The summed E-state index contributed by atoms with van der Waals surface area (Å²) in [5.41, 5.74) is 0.884. The van der Waals surface area contributed by atoms with Gasteiger partial charge in [-0.1, -0.05) is 6.07 Å². The summed E-state index contributed by atoms with van der Waals surface area (Å²) < 4.78 is 4.01. The summed E-state index contributed by atoms with van der Waals surface area (Å²) in [5.74, 6) is 0.911. The summed E-state index contributed by atoms with van der Waals surface area (Å²) in [7, 11) is 0. The van der Waals surface area contributed by atoms with Crippen LogP contribution in [0.15, 0.2) is 42.9 Å². The Kier molecular flexibility index (Phi) is 1.91. The SMILES string of the molecule is c1ccn2c(N3CC(n4cccn4)C3)nnc2c1. The lowest BCUT2D eigenvalue weighted by Gasteiger charge is -2.39. The molecule has 1 aliphatic heterocycles. The molecule has 3 aromatic heterocycles. The zero-order chi connectivity index (χ0) is 11.9. The highest BCUT2D eigenvalue weighted by Gasteiger charge is 2.31. The summed E-state index contributed by atoms with van der Waals surface area (Å²) in [4.78, 5) is 2.21. The van der Waals surface area contributed by atoms with Crippen LogP contribution in [0, 0.1) is 0 Å². The van der Waals surface area contributed by atoms with E-state index in [1.807, 2.05) is 51.9 Å². The Labute approximate surface area is 103 Å². The highest BCUT2D eigenvalue weighted by molar-refractivity contribution is 5.47. The number of rotatable bonds is 2. The molecule has 90 valence electrons. The number of hydrogen-bond acceptors (Lipinski definition) is 4. The van der Waals surface area contributed by atoms with E-state index in [1.165, 1.54) is 0 Å². The highest BCUT2D eigenvalue weighted by Crippen LogP contribution is 2.25. The van der Waals surface area contributed by atoms with Crippen LogP contribution >= 0.6 is 0 Å². The van der Waals surface area contributed by atoms with E-state index >= 15 is 0 Å². The number of nitrogens with zero attached hydrogens (tertiary/aromatic N) is 6. The van der Waals surface area contributed by atoms with Crippen LogP contribution in [0.2, 0.25) is 0 Å². The second kappa shape index (κ2) is 3.56. The predicted octanol–water partition coefficient (Wildman–Crippen LogP) is 0.987. The van der Waals surface area contributed by atoms with E-state index in [0.29, 0.717) is 6.04 Å². The van der Waals surface area contributed by atoms with Crippen LogP contribution < -0.4 is 4.90 Å². The lowest BCUT2D eigenvalue weighted by atomic mass is 10.1. The number of hydrogen-bond donors (Lipinski definition) is 0. The monoisotopic (exact) mass is 240 g/mol. The lowest BCUT2D eigenvalue weighted by Crippen LogP contribution is -2.48. The van der Waals surface area contributed by atoms with Gasteiger partial charge in [-0.15, -0.1) is 10.2 Å². The molecule has 0 N–H and O–H groups in total. The molecule has 4 heterocycles. The van der Waals surface area contributed by atoms with Gasteiger partial charge in [0.15, 0.2) is 5.65 Å². The third-order valence-electron chi connectivity index (χ3n) is 3.34. The van der Waals surface area contributed by atoms with Gasteiger partial charge >= 0.3 is 0 Å². The predicted molar refractivity (Wildman–Crippen MR) is 66.5 cm³/mol. The zero-order valence-corrected chi connectivity index (χ0v) is 9.72. The summed E-state index contributed by atoms with van der Waals surface area (Å²) >= 11 is 0. The van der Waals surface area contributed by atoms with Gasteiger partial charge in [-0.3, -0.25) is 9.08 Å². The minimum atomic E-state index is 0.441. The van der Waals surface area contributed by atoms with E-state index in [2.05, 4.69) is 20.2 Å². The standard InChI is InChI=1S/C12H12N6/c1-2-6-17-11(4-1)14-15-12(17)16-8-10(9-16)18-7-3-5-13-18/h1-7,10H,8-9H2. The zero-order valence-electron chi connectivity index (χ0n) is 9.72. The summed E-state index contributed by atoms with van der Waals surface area (Å²) in [6, 6.07) is 8.31. The summed E-state index contributed by atoms with van der Waals surface area (Å²) in [6.07, 6.45) is 5.81. The van der Waals surface area contributed by atoms with Gasteiger partial charge in [0, 0.05) is 31.7 Å². The van der Waals surface area contributed by atoms with Gasteiger partial charge in [-0.25, -0.2) is 0 Å². The number of fused-ring (bicyclic) bond motifs is 1. The largest absolute Gasteiger partial charge is 0.336 e. The molecule has 0 saturated carbocycles. The smallest absolute Gasteiger partial charge is 0.231 e. The Hall–Kier alpha value is -2.37. The maximum Gasteiger partial charge on any atom is 0.231 e. The van der Waals surface area contributed by atoms with Crippen LogP contribution in [0.5, 0.6) is 0 Å². The van der Waals surface area contributed by atoms with Gasteiger partial charge < -0.3 is 4.90 Å². The number of aromatic nitrogens is 5. The van der Waals surface area contributed by atoms with Crippen molar-refractivity contribution in [1.82, 2.24) is 24.4 Å². The first-order chi connectivity index (χ1) is 8.92. The Morgan fingerprint density at radius 2 is 2.00 bits per heavy atom. The molecule has 1 fully saturated rings. The highest BCUT2D eigenvalue weighted by atomic mass is 15.4. The molecule has 0 radical (unpaired) electrons. The molecular weight excluding hydrogens is 228 g/mol. The van der Waals surface area contributed by atoms with Crippen molar-refractivity contribution in [1.29, 1.82) is 0 Å². The molecule has 3 aromatic rings. The van der Waals surface area contributed by atoms with Crippen LogP contribution in [0.25, 0.3) is 5.65 Å². The van der Waals surface area contributed by atoms with E-state index in [-0.39, 0.29) is 0 Å². The molecule has 0 amide bonds. The van der Waals surface area contributed by atoms with Crippen LogP contribution in [0.4, 0.5) is 5.95 Å². The van der Waals surface area contributed by atoms with Gasteiger partial charge in [0.25, 0.3) is 0 Å². The van der Waals surface area contributed by atoms with Crippen LogP contribution in [-0.4, -0.2) is 37.5 Å². The van der Waals surface area contributed by atoms with E-state index in [9.17, 15) is 0 Å². The molecule has 1 aliphatic rings. The Balaban J connectivity index is 1.60. The van der Waals surface area contributed by atoms with Crippen molar-refractivity contribution in [3.63, 3.8) is 0 Å². The van der Waals surface area contributed by atoms with Crippen molar-refractivity contribution in [2.75, 3.05) is 18.0 Å². The maximum atomic E-state index is 4.26. The van der Waals surface area contributed by atoms with Gasteiger partial charge in [0.1, 0.15) is 0 Å². The van der Waals surface area contributed by atoms with Crippen molar-refractivity contribution in [3.8, 4) is 0 Å². The second-order valence-electron chi connectivity index (χ2n) is 4.47. The van der Waals surface area contributed by atoms with Crippen LogP contribution in [-0.2, 0) is 0 Å². The Morgan fingerprint density at radius 1 is 1.06 bits per heavy atom. The molecular formula is C12H12N6. The average molecular weight is 240 g/mol. The normalized spacial score (nSPS) is 16.1. The Bertz CT molecular complexity index is 665. The van der Waals surface area contributed by atoms with Crippen molar-refractivity contribution >= 4 is 11.6 Å². The van der Waals surface area contributed by atoms with Crippen LogP contribution in [0.3, 0.4) is 0 Å². The van der Waals surface area contributed by atoms with E-state index in [1.54, 1.807) is 0 Å². The minimum absolute atomic E-state index is 0.441. The third kappa shape index (κ3) is 1.32. The molecule has 6 heteroatoms. The average Bonchev–Trinajstić information content (AvgIpc) is 2.97. The molecule has 0 spiro atoms. The van der Waals surface area contributed by atoms with E-state index in [4.69, 9.17) is 0 Å². The van der Waals surface area contributed by atoms with Crippen molar-refractivity contribution in [2.24, 2.45) is 0 Å². The van der Waals surface area contributed by atoms with Crippen molar-refractivity contribution < 1.29 is 0 Å². The molecule has 0 atom stereocenters. The topological polar surface area (TPSA) is 51.2 Å². The first-order valence-electron chi connectivity index (χ1n) is 5.96. The summed E-state index contributed by atoms with van der Waals surface area (Å²) in [6.45, 7) is 1.86. The fourth-order valence-electron chi connectivity index (χ4n) is 2.33. The lowest BCUT2D eigenvalue weighted by molar-refractivity contribution is 0.363. The first-order valence-corrected chi connectivity index (χ1v) is 5.96. The minimum Gasteiger partial charge on any atom is -0.336 e. The Morgan fingerprint density at radius 3 is 2.83 bits per heavy atom. The third-order valence-corrected chi connectivity index (χ3v) is 3.34. The van der Waals surface area contributed by atoms with E-state index < -0.39 is 0 Å². The summed E-state index contributed by atoms with van der Waals surface area (Å²) in [5, 5.41) is 12.7. The molecule has 4 rings (SSSR count). The molecule has 18 heavy (non-hydrogen) atoms. The quantitative estimate of drug-likeness (QED) is 0.670. The molecule has 6 nitrogen and oxygen atoms in total. The fraction of sp³-hybridized carbons (Fsp3) is 0.250. The maximum absolute atomic E-state index is 4.26. The molecule has 1 saturated heterocycles. The van der Waals surface area contributed by atoms with Crippen molar-refractivity contribution in [3.05, 3.63) is 42.9 Å². The number of pyridine rings is 1. The van der Waals surface area contributed by atoms with E-state index in [0.717, 1.165) is 24.7 Å². The first kappa shape index (κ1) is 9.64.